The highest BCUT2D eigenvalue weighted by Gasteiger charge is 2.41. The number of halogens is 5. The van der Waals surface area contributed by atoms with Crippen LogP contribution in [0.15, 0.2) is 65.5 Å². The molecule has 0 saturated carbocycles. The van der Waals surface area contributed by atoms with Crippen LogP contribution in [0.25, 0.3) is 10.9 Å². The van der Waals surface area contributed by atoms with E-state index in [1.165, 1.54) is 43.5 Å². The fourth-order valence-corrected chi connectivity index (χ4v) is 2.48. The topological polar surface area (TPSA) is 37.4 Å². The van der Waals surface area contributed by atoms with Crippen molar-refractivity contribution in [1.29, 1.82) is 0 Å². The number of aromatic amines is 1. The smallest absolute Gasteiger partial charge is 0.340 e. The number of nitrogens with one attached hydrogen (secondary N) is 1. The summed E-state index contributed by atoms with van der Waals surface area (Å²) in [6.07, 6.45) is 4.27. The summed E-state index contributed by atoms with van der Waals surface area (Å²) in [7, 11) is 0. The summed E-state index contributed by atoms with van der Waals surface area (Å²) < 4.78 is 68.4. The van der Waals surface area contributed by atoms with Gasteiger partial charge in [-0.3, -0.25) is 4.99 Å². The maximum Gasteiger partial charge on any atom is 0.340 e. The number of hydrogen-bond acceptors (Lipinski definition) is 2. The SMILES string of the molecule is C=C/C(C=NCCc1c[nH]c2cc(F)ccc12)=C\C(=C/C)OCC(F)(F)C(F)F. The summed E-state index contributed by atoms with van der Waals surface area (Å²) in [5.74, 6) is -4.55. The molecule has 1 heterocycles. The Morgan fingerprint density at radius 2 is 2.10 bits per heavy atom. The van der Waals surface area contributed by atoms with Gasteiger partial charge in [0.1, 0.15) is 11.6 Å². The van der Waals surface area contributed by atoms with Crippen LogP contribution in [-0.2, 0) is 11.2 Å². The summed E-state index contributed by atoms with van der Waals surface area (Å²) in [6, 6.07) is 4.49. The van der Waals surface area contributed by atoms with E-state index >= 15 is 0 Å². The van der Waals surface area contributed by atoms with Crippen LogP contribution in [0.2, 0.25) is 0 Å². The summed E-state index contributed by atoms with van der Waals surface area (Å²) >= 11 is 0. The molecule has 8 heteroatoms. The molecule has 1 N–H and O–H groups in total. The van der Waals surface area contributed by atoms with Crippen LogP contribution in [-0.4, -0.2) is 36.7 Å². The zero-order valence-corrected chi connectivity index (χ0v) is 15.8. The molecular formula is C21H21F5N2O. The molecule has 1 aromatic heterocycles. The Hall–Kier alpha value is -2.90. The predicted octanol–water partition coefficient (Wildman–Crippen LogP) is 5.85. The van der Waals surface area contributed by atoms with Crippen molar-refractivity contribution >= 4 is 17.1 Å². The van der Waals surface area contributed by atoms with Gasteiger partial charge in [-0.25, -0.2) is 13.2 Å². The normalized spacial score (nSPS) is 13.6. The molecule has 2 rings (SSSR count). The van der Waals surface area contributed by atoms with Gasteiger partial charge in [0.05, 0.1) is 0 Å². The minimum atomic E-state index is -4.23. The molecule has 0 amide bonds. The van der Waals surface area contributed by atoms with Crippen molar-refractivity contribution in [1.82, 2.24) is 4.98 Å². The third-order valence-corrected chi connectivity index (χ3v) is 4.06. The van der Waals surface area contributed by atoms with Crippen molar-refractivity contribution in [2.24, 2.45) is 4.99 Å². The van der Waals surface area contributed by atoms with E-state index in [0.717, 1.165) is 10.9 Å². The molecule has 29 heavy (non-hydrogen) atoms. The average molecular weight is 412 g/mol. The van der Waals surface area contributed by atoms with Crippen LogP contribution in [0.3, 0.4) is 0 Å². The molecule has 0 saturated heterocycles. The van der Waals surface area contributed by atoms with Crippen molar-refractivity contribution in [3.05, 3.63) is 71.9 Å². The van der Waals surface area contributed by atoms with Gasteiger partial charge in [0.25, 0.3) is 0 Å². The molecule has 0 unspecified atom stereocenters. The van der Waals surface area contributed by atoms with Crippen molar-refractivity contribution in [3.63, 3.8) is 0 Å². The summed E-state index contributed by atoms with van der Waals surface area (Å²) in [5, 5.41) is 0.908. The zero-order valence-electron chi connectivity index (χ0n) is 15.8. The van der Waals surface area contributed by atoms with Gasteiger partial charge in [-0.2, -0.15) is 8.78 Å². The third kappa shape index (κ3) is 6.30. The molecule has 0 atom stereocenters. The number of alkyl halides is 4. The minimum absolute atomic E-state index is 0.00494. The van der Waals surface area contributed by atoms with Crippen LogP contribution in [0.4, 0.5) is 22.0 Å². The van der Waals surface area contributed by atoms with Gasteiger partial charge in [0.2, 0.25) is 0 Å². The zero-order chi connectivity index (χ0) is 21.4. The van der Waals surface area contributed by atoms with Crippen LogP contribution < -0.4 is 0 Å². The number of rotatable bonds is 10. The number of fused-ring (bicyclic) bond motifs is 1. The quantitative estimate of drug-likeness (QED) is 0.226. The molecule has 0 bridgehead atoms. The number of benzene rings is 1. The lowest BCUT2D eigenvalue weighted by Gasteiger charge is -2.16. The van der Waals surface area contributed by atoms with Gasteiger partial charge in [-0.15, -0.1) is 0 Å². The van der Waals surface area contributed by atoms with E-state index in [1.807, 2.05) is 0 Å². The van der Waals surface area contributed by atoms with E-state index in [0.29, 0.717) is 24.1 Å². The number of nitrogens with zero attached hydrogens (tertiary/aromatic N) is 1. The second kappa shape index (κ2) is 10.0. The molecule has 0 radical (unpaired) electrons. The average Bonchev–Trinajstić information content (AvgIpc) is 3.08. The van der Waals surface area contributed by atoms with Crippen molar-refractivity contribution < 1.29 is 26.7 Å². The molecule has 0 spiro atoms. The molecule has 2 aromatic rings. The Morgan fingerprint density at radius 3 is 2.76 bits per heavy atom. The summed E-state index contributed by atoms with van der Waals surface area (Å²) in [4.78, 5) is 7.26. The van der Waals surface area contributed by atoms with Crippen LogP contribution in [0, 0.1) is 5.82 Å². The maximum atomic E-state index is 13.2. The largest absolute Gasteiger partial charge is 0.487 e. The van der Waals surface area contributed by atoms with E-state index in [4.69, 9.17) is 4.74 Å². The van der Waals surface area contributed by atoms with Crippen LogP contribution in [0.5, 0.6) is 0 Å². The first-order valence-corrected chi connectivity index (χ1v) is 8.81. The van der Waals surface area contributed by atoms with E-state index in [2.05, 4.69) is 16.6 Å². The Kier molecular flexibility index (Phi) is 7.75. The fourth-order valence-electron chi connectivity index (χ4n) is 2.48. The van der Waals surface area contributed by atoms with Gasteiger partial charge >= 0.3 is 12.3 Å². The van der Waals surface area contributed by atoms with Gasteiger partial charge in [-0.1, -0.05) is 12.7 Å². The van der Waals surface area contributed by atoms with E-state index < -0.39 is 19.0 Å². The summed E-state index contributed by atoms with van der Waals surface area (Å²) in [5.41, 5.74) is 2.15. The Bertz CT molecular complexity index is 928. The molecule has 3 nitrogen and oxygen atoms in total. The first kappa shape index (κ1) is 22.4. The monoisotopic (exact) mass is 412 g/mol. The third-order valence-electron chi connectivity index (χ3n) is 4.06. The maximum absolute atomic E-state index is 13.2. The van der Waals surface area contributed by atoms with Gasteiger partial charge in [-0.05, 0) is 54.8 Å². The second-order valence-corrected chi connectivity index (χ2v) is 6.18. The predicted molar refractivity (Wildman–Crippen MR) is 104 cm³/mol. The van der Waals surface area contributed by atoms with Gasteiger partial charge in [0.15, 0.2) is 6.61 Å². The molecule has 156 valence electrons. The first-order chi connectivity index (χ1) is 13.8. The Labute approximate surface area is 165 Å². The van der Waals surface area contributed by atoms with E-state index in [-0.39, 0.29) is 11.6 Å². The van der Waals surface area contributed by atoms with Gasteiger partial charge in [0, 0.05) is 29.9 Å². The molecule has 0 aliphatic heterocycles. The highest BCUT2D eigenvalue weighted by molar-refractivity contribution is 5.84. The van der Waals surface area contributed by atoms with Gasteiger partial charge < -0.3 is 9.72 Å². The van der Waals surface area contributed by atoms with E-state index in [1.54, 1.807) is 12.3 Å². The number of ether oxygens (including phenoxy) is 1. The Balaban J connectivity index is 1.96. The minimum Gasteiger partial charge on any atom is -0.487 e. The number of allylic oxidation sites excluding steroid dienone is 4. The standard InChI is InChI=1S/C21H21F5N2O/c1-3-14(9-17(4-2)29-13-21(25,26)20(23)24)11-27-8-7-15-12-28-19-10-16(22)5-6-18(15)19/h3-6,9-12,20,28H,1,7-8,13H2,2H3/b14-9+,17-4+,27-11?. The van der Waals surface area contributed by atoms with Crippen molar-refractivity contribution in [2.75, 3.05) is 13.2 Å². The molecule has 0 fully saturated rings. The van der Waals surface area contributed by atoms with Crippen LogP contribution in [0.1, 0.15) is 12.5 Å². The molecule has 0 aliphatic rings. The highest BCUT2D eigenvalue weighted by atomic mass is 19.3. The second-order valence-electron chi connectivity index (χ2n) is 6.18. The number of aliphatic imine (C=N–C) groups is 1. The molecule has 0 aliphatic carbocycles. The lowest BCUT2D eigenvalue weighted by Crippen LogP contribution is -2.32. The highest BCUT2D eigenvalue weighted by Crippen LogP contribution is 2.24. The van der Waals surface area contributed by atoms with Crippen molar-refractivity contribution in [3.8, 4) is 0 Å². The Morgan fingerprint density at radius 1 is 1.34 bits per heavy atom. The number of H-pyrrole nitrogens is 1. The summed E-state index contributed by atoms with van der Waals surface area (Å²) in [6.45, 7) is 4.14. The first-order valence-electron chi connectivity index (χ1n) is 8.81. The lowest BCUT2D eigenvalue weighted by atomic mass is 10.1. The lowest BCUT2D eigenvalue weighted by molar-refractivity contribution is -0.157. The molecular weight excluding hydrogens is 391 g/mol. The fraction of sp³-hybridized carbons (Fsp3) is 0.286. The van der Waals surface area contributed by atoms with Crippen LogP contribution >= 0.6 is 0 Å². The number of aromatic nitrogens is 1. The van der Waals surface area contributed by atoms with Crippen molar-refractivity contribution in [2.45, 2.75) is 25.7 Å². The number of hydrogen-bond donors (Lipinski definition) is 1. The van der Waals surface area contributed by atoms with E-state index in [9.17, 15) is 22.0 Å². The molecule has 1 aromatic carbocycles.